The van der Waals surface area contributed by atoms with Gasteiger partial charge >= 0.3 is 6.61 Å². The summed E-state index contributed by atoms with van der Waals surface area (Å²) in [5, 5.41) is 0.815. The van der Waals surface area contributed by atoms with Crippen LogP contribution in [0.3, 0.4) is 0 Å². The van der Waals surface area contributed by atoms with Crippen molar-refractivity contribution in [3.8, 4) is 22.6 Å². The lowest BCUT2D eigenvalue weighted by Crippen LogP contribution is -2.04. The maximum atomic E-state index is 14.9. The number of rotatable bonds is 7. The average Bonchev–Trinajstić information content (AvgIpc) is 2.69. The molecular weight excluding hydrogens is 365 g/mol. The lowest BCUT2D eigenvalue weighted by Gasteiger charge is -2.13. The van der Waals surface area contributed by atoms with Gasteiger partial charge in [-0.05, 0) is 47.7 Å². The van der Waals surface area contributed by atoms with Gasteiger partial charge in [-0.1, -0.05) is 49.1 Å². The summed E-state index contributed by atoms with van der Waals surface area (Å²) in [5.74, 6) is -0.0755. The Morgan fingerprint density at radius 3 is 2.39 bits per heavy atom. The number of fused-ring (bicyclic) bond motifs is 1. The third kappa shape index (κ3) is 4.19. The molecule has 0 amide bonds. The van der Waals surface area contributed by atoms with Crippen molar-refractivity contribution in [2.45, 2.75) is 13.5 Å². The van der Waals surface area contributed by atoms with Crippen molar-refractivity contribution in [1.82, 2.24) is 0 Å². The molecule has 3 rings (SSSR count). The first kappa shape index (κ1) is 19.5. The molecule has 0 N–H and O–H groups in total. The van der Waals surface area contributed by atoms with E-state index in [0.29, 0.717) is 23.1 Å². The van der Waals surface area contributed by atoms with Crippen LogP contribution in [0.25, 0.3) is 28.0 Å². The Bertz CT molecular complexity index is 1010. The van der Waals surface area contributed by atoms with E-state index in [9.17, 15) is 13.2 Å². The third-order valence-corrected chi connectivity index (χ3v) is 4.18. The summed E-state index contributed by atoms with van der Waals surface area (Å²) in [5.41, 5.74) is 1.72. The van der Waals surface area contributed by atoms with Crippen LogP contribution >= 0.6 is 0 Å². The molecule has 0 aliphatic carbocycles. The van der Waals surface area contributed by atoms with Crippen LogP contribution in [0.4, 0.5) is 13.2 Å². The predicted octanol–water partition coefficient (Wildman–Crippen LogP) is 6.85. The number of hydrogen-bond donors (Lipinski definition) is 0. The largest absolute Gasteiger partial charge is 0.490 e. The highest BCUT2D eigenvalue weighted by molar-refractivity contribution is 5.91. The molecule has 28 heavy (non-hydrogen) atoms. The fraction of sp³-hybridized carbons (Fsp3) is 0.130. The Kier molecular flexibility index (Phi) is 6.04. The molecule has 2 nitrogen and oxygen atoms in total. The molecule has 0 heterocycles. The van der Waals surface area contributed by atoms with E-state index >= 15 is 0 Å². The molecule has 3 aromatic rings. The molecule has 0 unspecified atom stereocenters. The van der Waals surface area contributed by atoms with Gasteiger partial charge in [0.05, 0.1) is 5.56 Å². The van der Waals surface area contributed by atoms with Gasteiger partial charge in [0.25, 0.3) is 0 Å². The summed E-state index contributed by atoms with van der Waals surface area (Å²) in [4.78, 5) is 0. The predicted molar refractivity (Wildman–Crippen MR) is 106 cm³/mol. The van der Waals surface area contributed by atoms with Crippen LogP contribution in [0.15, 0.2) is 67.3 Å². The first-order chi connectivity index (χ1) is 13.5. The minimum absolute atomic E-state index is 0.00627. The van der Waals surface area contributed by atoms with E-state index in [2.05, 4.69) is 11.3 Å². The van der Waals surface area contributed by atoms with Crippen molar-refractivity contribution in [1.29, 1.82) is 0 Å². The van der Waals surface area contributed by atoms with Crippen molar-refractivity contribution < 1.29 is 22.6 Å². The molecule has 144 valence electrons. The molecule has 0 spiro atoms. The normalized spacial score (nSPS) is 11.3. The molecule has 0 bridgehead atoms. The highest BCUT2D eigenvalue weighted by Crippen LogP contribution is 2.34. The smallest absolute Gasteiger partial charge is 0.387 e. The van der Waals surface area contributed by atoms with Crippen LogP contribution < -0.4 is 9.47 Å². The zero-order valence-electron chi connectivity index (χ0n) is 15.3. The quantitative estimate of drug-likeness (QED) is 0.415. The van der Waals surface area contributed by atoms with Crippen molar-refractivity contribution in [2.24, 2.45) is 0 Å². The Morgan fingerprint density at radius 2 is 1.75 bits per heavy atom. The standard InChI is InChI=1S/C23H19F3O2/c1-3-5-20-21(28-23(25)26)14-17-13-16(8-11-19(17)22(20)24)15-6-9-18(10-7-15)27-12-4-2/h3-11,13-14,23H,2,12H2,1H3/b5-3+. The molecule has 5 heteroatoms. The van der Waals surface area contributed by atoms with E-state index in [1.807, 2.05) is 24.3 Å². The monoisotopic (exact) mass is 384 g/mol. The molecule has 0 fully saturated rings. The Balaban J connectivity index is 2.05. The average molecular weight is 384 g/mol. The van der Waals surface area contributed by atoms with Crippen molar-refractivity contribution in [3.63, 3.8) is 0 Å². The molecule has 0 aliphatic rings. The van der Waals surface area contributed by atoms with Crippen LogP contribution in [0.2, 0.25) is 0 Å². The van der Waals surface area contributed by atoms with Crippen molar-refractivity contribution in [2.75, 3.05) is 6.61 Å². The summed E-state index contributed by atoms with van der Waals surface area (Å²) in [6.45, 7) is 2.66. The number of ether oxygens (including phenoxy) is 2. The number of allylic oxidation sites excluding steroid dienone is 1. The topological polar surface area (TPSA) is 18.5 Å². The van der Waals surface area contributed by atoms with E-state index in [1.54, 1.807) is 37.3 Å². The van der Waals surface area contributed by atoms with Crippen molar-refractivity contribution >= 4 is 16.8 Å². The summed E-state index contributed by atoms with van der Waals surface area (Å²) < 4.78 is 50.4. The molecular formula is C23H19F3O2. The van der Waals surface area contributed by atoms with Crippen molar-refractivity contribution in [3.05, 3.63) is 78.6 Å². The summed E-state index contributed by atoms with van der Waals surface area (Å²) >= 11 is 0. The highest BCUT2D eigenvalue weighted by Gasteiger charge is 2.16. The molecule has 0 aromatic heterocycles. The highest BCUT2D eigenvalue weighted by atomic mass is 19.3. The lowest BCUT2D eigenvalue weighted by atomic mass is 9.98. The van der Waals surface area contributed by atoms with Gasteiger partial charge in [0.2, 0.25) is 0 Å². The SMILES string of the molecule is C=CCOc1ccc(-c2ccc3c(F)c(/C=C/C)c(OC(F)F)cc3c2)cc1. The van der Waals surface area contributed by atoms with E-state index in [-0.39, 0.29) is 11.3 Å². The third-order valence-electron chi connectivity index (χ3n) is 4.18. The Labute approximate surface area is 161 Å². The second-order valence-corrected chi connectivity index (χ2v) is 6.04. The molecule has 0 saturated heterocycles. The zero-order chi connectivity index (χ0) is 20.1. The Hall–Kier alpha value is -3.21. The fourth-order valence-corrected chi connectivity index (χ4v) is 2.95. The zero-order valence-corrected chi connectivity index (χ0v) is 15.3. The maximum absolute atomic E-state index is 14.9. The van der Waals surface area contributed by atoms with E-state index in [4.69, 9.17) is 4.74 Å². The molecule has 0 radical (unpaired) electrons. The van der Waals surface area contributed by atoms with E-state index < -0.39 is 12.4 Å². The minimum Gasteiger partial charge on any atom is -0.490 e. The molecule has 0 aliphatic heterocycles. The fourth-order valence-electron chi connectivity index (χ4n) is 2.95. The molecule has 0 atom stereocenters. The number of hydrogen-bond acceptors (Lipinski definition) is 2. The van der Waals surface area contributed by atoms with Crippen LogP contribution in [0, 0.1) is 5.82 Å². The second kappa shape index (κ2) is 8.65. The van der Waals surface area contributed by atoms with Gasteiger partial charge in [-0.3, -0.25) is 0 Å². The number of alkyl halides is 2. The summed E-state index contributed by atoms with van der Waals surface area (Å²) in [7, 11) is 0. The lowest BCUT2D eigenvalue weighted by molar-refractivity contribution is -0.0500. The van der Waals surface area contributed by atoms with Crippen LogP contribution in [-0.4, -0.2) is 13.2 Å². The van der Waals surface area contributed by atoms with Crippen LogP contribution in [0.5, 0.6) is 11.5 Å². The van der Waals surface area contributed by atoms with Gasteiger partial charge in [0, 0.05) is 5.39 Å². The van der Waals surface area contributed by atoms with Crippen LogP contribution in [-0.2, 0) is 0 Å². The van der Waals surface area contributed by atoms with Gasteiger partial charge < -0.3 is 9.47 Å². The Morgan fingerprint density at radius 1 is 1.04 bits per heavy atom. The maximum Gasteiger partial charge on any atom is 0.387 e. The van der Waals surface area contributed by atoms with Gasteiger partial charge in [-0.25, -0.2) is 4.39 Å². The number of benzene rings is 3. The summed E-state index contributed by atoms with van der Waals surface area (Å²) in [6, 6.07) is 14.0. The number of halogens is 3. The van der Waals surface area contributed by atoms with Gasteiger partial charge in [-0.15, -0.1) is 0 Å². The first-order valence-corrected chi connectivity index (χ1v) is 8.71. The minimum atomic E-state index is -3.04. The summed E-state index contributed by atoms with van der Waals surface area (Å²) in [6.07, 6.45) is 4.65. The van der Waals surface area contributed by atoms with Gasteiger partial charge in [-0.2, -0.15) is 8.78 Å². The molecule has 0 saturated carbocycles. The van der Waals surface area contributed by atoms with Crippen LogP contribution in [0.1, 0.15) is 12.5 Å². The first-order valence-electron chi connectivity index (χ1n) is 8.71. The molecule has 3 aromatic carbocycles. The van der Waals surface area contributed by atoms with Gasteiger partial charge in [0.1, 0.15) is 23.9 Å². The van der Waals surface area contributed by atoms with E-state index in [1.165, 1.54) is 12.1 Å². The van der Waals surface area contributed by atoms with E-state index in [0.717, 1.165) is 11.1 Å². The second-order valence-electron chi connectivity index (χ2n) is 6.04. The van der Waals surface area contributed by atoms with Gasteiger partial charge in [0.15, 0.2) is 0 Å².